The van der Waals surface area contributed by atoms with Crippen LogP contribution in [-0.2, 0) is 0 Å². The Hall–Kier alpha value is -2.62. The van der Waals surface area contributed by atoms with Crippen LogP contribution in [-0.4, -0.2) is 29.8 Å². The van der Waals surface area contributed by atoms with Crippen molar-refractivity contribution in [1.29, 1.82) is 0 Å². The topological polar surface area (TPSA) is 49.4 Å². The molecule has 1 fully saturated rings. The maximum atomic E-state index is 12.6. The number of rotatable bonds is 3. The number of amides is 2. The Morgan fingerprint density at radius 1 is 0.917 bits per heavy atom. The lowest BCUT2D eigenvalue weighted by atomic mass is 10.1. The van der Waals surface area contributed by atoms with Gasteiger partial charge in [0.25, 0.3) is 11.8 Å². The van der Waals surface area contributed by atoms with E-state index in [1.54, 1.807) is 24.3 Å². The van der Waals surface area contributed by atoms with E-state index in [0.717, 1.165) is 42.7 Å². The Labute approximate surface area is 142 Å². The van der Waals surface area contributed by atoms with Crippen molar-refractivity contribution in [3.63, 3.8) is 0 Å². The van der Waals surface area contributed by atoms with Crippen molar-refractivity contribution in [2.75, 3.05) is 18.4 Å². The molecule has 4 nitrogen and oxygen atoms in total. The molecule has 124 valence electrons. The summed E-state index contributed by atoms with van der Waals surface area (Å²) in [7, 11) is 0. The number of nitrogens with zero attached hydrogens (tertiary/aromatic N) is 1. The van der Waals surface area contributed by atoms with Gasteiger partial charge in [-0.2, -0.15) is 0 Å². The van der Waals surface area contributed by atoms with Crippen LogP contribution in [0.3, 0.4) is 0 Å². The summed E-state index contributed by atoms with van der Waals surface area (Å²) < 4.78 is 0. The van der Waals surface area contributed by atoms with Gasteiger partial charge in [0.15, 0.2) is 0 Å². The van der Waals surface area contributed by atoms with E-state index in [0.29, 0.717) is 11.1 Å². The van der Waals surface area contributed by atoms with E-state index in [-0.39, 0.29) is 11.8 Å². The molecule has 0 bridgehead atoms. The molecule has 1 aliphatic heterocycles. The molecule has 0 aromatic heterocycles. The van der Waals surface area contributed by atoms with Crippen LogP contribution < -0.4 is 5.32 Å². The maximum absolute atomic E-state index is 12.6. The molecule has 1 N–H and O–H groups in total. The third-order valence-electron chi connectivity index (χ3n) is 4.48. The predicted molar refractivity (Wildman–Crippen MR) is 95.4 cm³/mol. The van der Waals surface area contributed by atoms with Gasteiger partial charge in [0.05, 0.1) is 0 Å². The molecular weight excluding hydrogens is 300 g/mol. The fraction of sp³-hybridized carbons (Fsp3) is 0.300. The molecule has 2 aromatic carbocycles. The predicted octanol–water partition coefficient (Wildman–Crippen LogP) is 3.79. The van der Waals surface area contributed by atoms with E-state index in [1.807, 2.05) is 36.9 Å². The van der Waals surface area contributed by atoms with Gasteiger partial charge in [0.2, 0.25) is 0 Å². The summed E-state index contributed by atoms with van der Waals surface area (Å²) in [4.78, 5) is 26.9. The second-order valence-electron chi connectivity index (χ2n) is 6.30. The lowest BCUT2D eigenvalue weighted by molar-refractivity contribution is 0.0793. The highest BCUT2D eigenvalue weighted by Gasteiger charge is 2.20. The zero-order valence-electron chi connectivity index (χ0n) is 14.1. The Kier molecular flexibility index (Phi) is 4.65. The Morgan fingerprint density at radius 3 is 2.17 bits per heavy atom. The van der Waals surface area contributed by atoms with Gasteiger partial charge in [-0.25, -0.2) is 0 Å². The standard InChI is InChI=1S/C20H22N2O2/c1-14-7-5-8-15(2)18(14)21-19(23)16-9-6-10-17(13-16)20(24)22-11-3-4-12-22/h5-10,13H,3-4,11-12H2,1-2H3,(H,21,23). The van der Waals surface area contributed by atoms with Crippen LogP contribution in [0.4, 0.5) is 5.69 Å². The van der Waals surface area contributed by atoms with Gasteiger partial charge in [-0.3, -0.25) is 9.59 Å². The summed E-state index contributed by atoms with van der Waals surface area (Å²) in [5.41, 5.74) is 3.95. The van der Waals surface area contributed by atoms with Crippen LogP contribution in [0.2, 0.25) is 0 Å². The number of nitrogens with one attached hydrogen (secondary N) is 1. The molecule has 1 saturated heterocycles. The van der Waals surface area contributed by atoms with Gasteiger partial charge >= 0.3 is 0 Å². The lowest BCUT2D eigenvalue weighted by Crippen LogP contribution is -2.27. The molecule has 24 heavy (non-hydrogen) atoms. The minimum absolute atomic E-state index is 0.00854. The van der Waals surface area contributed by atoms with Gasteiger partial charge < -0.3 is 10.2 Å². The first-order valence-electron chi connectivity index (χ1n) is 8.33. The highest BCUT2D eigenvalue weighted by Crippen LogP contribution is 2.21. The van der Waals surface area contributed by atoms with Crippen LogP contribution in [0.15, 0.2) is 42.5 Å². The molecule has 4 heteroatoms. The van der Waals surface area contributed by atoms with E-state index in [1.165, 1.54) is 0 Å². The van der Waals surface area contributed by atoms with Crippen molar-refractivity contribution in [2.24, 2.45) is 0 Å². The number of hydrogen-bond acceptors (Lipinski definition) is 2. The minimum Gasteiger partial charge on any atom is -0.339 e. The number of carbonyl (C=O) groups is 2. The van der Waals surface area contributed by atoms with Crippen LogP contribution in [0, 0.1) is 13.8 Å². The van der Waals surface area contributed by atoms with Gasteiger partial charge in [-0.05, 0) is 56.0 Å². The number of aryl methyl sites for hydroxylation is 2. The van der Waals surface area contributed by atoms with Crippen LogP contribution >= 0.6 is 0 Å². The number of anilines is 1. The monoisotopic (exact) mass is 322 g/mol. The fourth-order valence-corrected chi connectivity index (χ4v) is 3.09. The molecule has 3 rings (SSSR count). The molecule has 1 heterocycles. The van der Waals surface area contributed by atoms with Gasteiger partial charge in [-0.15, -0.1) is 0 Å². The second kappa shape index (κ2) is 6.87. The quantitative estimate of drug-likeness (QED) is 0.934. The summed E-state index contributed by atoms with van der Waals surface area (Å²) in [6.45, 7) is 5.54. The second-order valence-corrected chi connectivity index (χ2v) is 6.30. The third kappa shape index (κ3) is 3.32. The molecule has 0 saturated carbocycles. The summed E-state index contributed by atoms with van der Waals surface area (Å²) in [5, 5.41) is 2.97. The zero-order valence-corrected chi connectivity index (χ0v) is 14.1. The Balaban J connectivity index is 1.80. The van der Waals surface area contributed by atoms with Gasteiger partial charge in [0.1, 0.15) is 0 Å². The van der Waals surface area contributed by atoms with Crippen molar-refractivity contribution < 1.29 is 9.59 Å². The first-order valence-corrected chi connectivity index (χ1v) is 8.33. The number of hydrogen-bond donors (Lipinski definition) is 1. The van der Waals surface area contributed by atoms with Gasteiger partial charge in [-0.1, -0.05) is 24.3 Å². The third-order valence-corrected chi connectivity index (χ3v) is 4.48. The molecule has 0 unspecified atom stereocenters. The van der Waals surface area contributed by atoms with Crippen molar-refractivity contribution in [2.45, 2.75) is 26.7 Å². The molecule has 1 aliphatic rings. The van der Waals surface area contributed by atoms with Crippen molar-refractivity contribution in [1.82, 2.24) is 4.90 Å². The fourth-order valence-electron chi connectivity index (χ4n) is 3.09. The Morgan fingerprint density at radius 2 is 1.50 bits per heavy atom. The smallest absolute Gasteiger partial charge is 0.255 e. The Bertz CT molecular complexity index is 757. The highest BCUT2D eigenvalue weighted by atomic mass is 16.2. The normalized spacial score (nSPS) is 13.8. The molecule has 0 radical (unpaired) electrons. The summed E-state index contributed by atoms with van der Waals surface area (Å²) in [6.07, 6.45) is 2.11. The van der Waals surface area contributed by atoms with Crippen LogP contribution in [0.1, 0.15) is 44.7 Å². The summed E-state index contributed by atoms with van der Waals surface area (Å²) in [6, 6.07) is 12.9. The average molecular weight is 322 g/mol. The van der Waals surface area contributed by atoms with Crippen molar-refractivity contribution >= 4 is 17.5 Å². The van der Waals surface area contributed by atoms with Crippen molar-refractivity contribution in [3.8, 4) is 0 Å². The molecule has 0 aliphatic carbocycles. The van der Waals surface area contributed by atoms with E-state index in [2.05, 4.69) is 5.32 Å². The number of carbonyl (C=O) groups excluding carboxylic acids is 2. The molecule has 2 amide bonds. The summed E-state index contributed by atoms with van der Waals surface area (Å²) in [5.74, 6) is -0.183. The van der Waals surface area contributed by atoms with Gasteiger partial charge in [0, 0.05) is 29.9 Å². The molecule has 2 aromatic rings. The molecular formula is C20H22N2O2. The number of likely N-dealkylation sites (tertiary alicyclic amines) is 1. The van der Waals surface area contributed by atoms with E-state index in [9.17, 15) is 9.59 Å². The van der Waals surface area contributed by atoms with Crippen LogP contribution in [0.25, 0.3) is 0 Å². The SMILES string of the molecule is Cc1cccc(C)c1NC(=O)c1cccc(C(=O)N2CCCC2)c1. The molecule has 0 spiro atoms. The largest absolute Gasteiger partial charge is 0.339 e. The first kappa shape index (κ1) is 16.2. The summed E-state index contributed by atoms with van der Waals surface area (Å²) >= 11 is 0. The average Bonchev–Trinajstić information content (AvgIpc) is 3.12. The van der Waals surface area contributed by atoms with Crippen molar-refractivity contribution in [3.05, 3.63) is 64.7 Å². The first-order chi connectivity index (χ1) is 11.6. The minimum atomic E-state index is -0.191. The van der Waals surface area contributed by atoms with E-state index < -0.39 is 0 Å². The number of para-hydroxylation sites is 1. The van der Waals surface area contributed by atoms with E-state index >= 15 is 0 Å². The molecule has 0 atom stereocenters. The lowest BCUT2D eigenvalue weighted by Gasteiger charge is -2.16. The maximum Gasteiger partial charge on any atom is 0.255 e. The van der Waals surface area contributed by atoms with Crippen LogP contribution in [0.5, 0.6) is 0 Å². The number of benzene rings is 2. The highest BCUT2D eigenvalue weighted by molar-refractivity contribution is 6.06. The van der Waals surface area contributed by atoms with E-state index in [4.69, 9.17) is 0 Å². The zero-order chi connectivity index (χ0) is 17.1.